The van der Waals surface area contributed by atoms with Gasteiger partial charge in [0.2, 0.25) is 0 Å². The molecule has 0 radical (unpaired) electrons. The normalized spacial score (nSPS) is 14.3. The first kappa shape index (κ1) is 17.0. The number of nitrogen functional groups attached to an aromatic ring is 1. The number of phenols is 1. The van der Waals surface area contributed by atoms with E-state index in [1.165, 1.54) is 25.0 Å². The smallest absolute Gasteiger partial charge is 0.155 e. The fourth-order valence-corrected chi connectivity index (χ4v) is 2.82. The van der Waals surface area contributed by atoms with Gasteiger partial charge >= 0.3 is 0 Å². The number of aromatic nitrogens is 3. The molecule has 0 spiro atoms. The van der Waals surface area contributed by atoms with Crippen molar-refractivity contribution >= 4 is 16.6 Å². The van der Waals surface area contributed by atoms with Crippen molar-refractivity contribution in [2.45, 2.75) is 31.8 Å². The minimum Gasteiger partial charge on any atom is -0.507 e. The van der Waals surface area contributed by atoms with Gasteiger partial charge in [-0.25, -0.2) is 4.39 Å². The van der Waals surface area contributed by atoms with E-state index in [1.54, 1.807) is 18.5 Å². The molecular weight excluding hydrogens is 323 g/mol. The number of pyridine rings is 1. The number of hydrogen-bond acceptors (Lipinski definition) is 6. The minimum absolute atomic E-state index is 0.0463. The summed E-state index contributed by atoms with van der Waals surface area (Å²) in [7, 11) is 0. The predicted molar refractivity (Wildman–Crippen MR) is 93.3 cm³/mol. The maximum atomic E-state index is 13.0. The van der Waals surface area contributed by atoms with E-state index in [0.29, 0.717) is 22.0 Å². The number of hydrogen-bond donors (Lipinski definition) is 3. The summed E-state index contributed by atoms with van der Waals surface area (Å²) in [4.78, 5) is 3.97. The summed E-state index contributed by atoms with van der Waals surface area (Å²) in [5.74, 6) is -0.457. The summed E-state index contributed by atoms with van der Waals surface area (Å²) < 4.78 is 13.0. The lowest BCUT2D eigenvalue weighted by Crippen LogP contribution is -1.98. The molecule has 4 rings (SSSR count). The van der Waals surface area contributed by atoms with Gasteiger partial charge in [-0.05, 0) is 31.0 Å². The number of halogens is 1. The Morgan fingerprint density at radius 2 is 1.84 bits per heavy atom. The standard InChI is InChI=1S/C13H9FN4O.C5H10O/c14-7-1-2-9(11(19)5-7)12-8-3-4-16-6-10(8)13(15)18-17-12;6-5-3-1-2-4-5/h1-6,19H,(H2,15,18);5-6H,1-4H2. The first-order valence-electron chi connectivity index (χ1n) is 8.09. The van der Waals surface area contributed by atoms with Crippen LogP contribution in [0.25, 0.3) is 22.0 Å². The molecule has 6 nitrogen and oxygen atoms in total. The molecule has 0 atom stereocenters. The average molecular weight is 342 g/mol. The average Bonchev–Trinajstić information content (AvgIpc) is 3.08. The van der Waals surface area contributed by atoms with Crippen molar-refractivity contribution in [3.8, 4) is 17.0 Å². The van der Waals surface area contributed by atoms with Crippen LogP contribution in [0, 0.1) is 5.82 Å². The summed E-state index contributed by atoms with van der Waals surface area (Å²) in [5, 5.41) is 27.7. The van der Waals surface area contributed by atoms with Crippen LogP contribution >= 0.6 is 0 Å². The molecule has 130 valence electrons. The van der Waals surface area contributed by atoms with Gasteiger partial charge in [-0.3, -0.25) is 4.98 Å². The van der Waals surface area contributed by atoms with E-state index in [9.17, 15) is 9.50 Å². The van der Waals surface area contributed by atoms with Gasteiger partial charge in [-0.2, -0.15) is 0 Å². The summed E-state index contributed by atoms with van der Waals surface area (Å²) in [6.45, 7) is 0. The van der Waals surface area contributed by atoms with Gasteiger partial charge < -0.3 is 15.9 Å². The number of anilines is 1. The highest BCUT2D eigenvalue weighted by Gasteiger charge is 2.13. The molecule has 25 heavy (non-hydrogen) atoms. The fraction of sp³-hybridized carbons (Fsp3) is 0.278. The first-order valence-corrected chi connectivity index (χ1v) is 8.09. The van der Waals surface area contributed by atoms with Gasteiger partial charge in [-0.1, -0.05) is 12.8 Å². The molecule has 1 aliphatic carbocycles. The summed E-state index contributed by atoms with van der Waals surface area (Å²) >= 11 is 0. The van der Waals surface area contributed by atoms with Gasteiger partial charge in [0.25, 0.3) is 0 Å². The van der Waals surface area contributed by atoms with Crippen molar-refractivity contribution in [2.24, 2.45) is 0 Å². The molecule has 1 aromatic carbocycles. The van der Waals surface area contributed by atoms with E-state index in [-0.39, 0.29) is 17.7 Å². The van der Waals surface area contributed by atoms with Crippen molar-refractivity contribution in [1.29, 1.82) is 0 Å². The molecule has 7 heteroatoms. The second kappa shape index (κ2) is 7.40. The number of aliphatic hydroxyl groups excluding tert-OH is 1. The molecule has 0 bridgehead atoms. The summed E-state index contributed by atoms with van der Waals surface area (Å²) in [6, 6.07) is 5.45. The third-order valence-electron chi connectivity index (χ3n) is 4.15. The number of benzene rings is 1. The maximum absolute atomic E-state index is 13.0. The van der Waals surface area contributed by atoms with E-state index >= 15 is 0 Å². The Balaban J connectivity index is 0.000000258. The second-order valence-corrected chi connectivity index (χ2v) is 5.95. The predicted octanol–water partition coefficient (Wildman–Crippen LogP) is 3.04. The molecule has 1 fully saturated rings. The van der Waals surface area contributed by atoms with Crippen molar-refractivity contribution in [3.63, 3.8) is 0 Å². The Morgan fingerprint density at radius 3 is 2.48 bits per heavy atom. The fourth-order valence-electron chi connectivity index (χ4n) is 2.82. The lowest BCUT2D eigenvalue weighted by atomic mass is 10.1. The highest BCUT2D eigenvalue weighted by atomic mass is 19.1. The van der Waals surface area contributed by atoms with Crippen LogP contribution in [-0.4, -0.2) is 31.5 Å². The highest BCUT2D eigenvalue weighted by Crippen LogP contribution is 2.33. The van der Waals surface area contributed by atoms with Crippen LogP contribution < -0.4 is 5.73 Å². The Morgan fingerprint density at radius 1 is 1.08 bits per heavy atom. The Kier molecular flexibility index (Phi) is 5.04. The van der Waals surface area contributed by atoms with Gasteiger partial charge in [0.1, 0.15) is 17.3 Å². The summed E-state index contributed by atoms with van der Waals surface area (Å²) in [5.41, 5.74) is 6.56. The molecule has 2 aromatic heterocycles. The van der Waals surface area contributed by atoms with Gasteiger partial charge in [0.15, 0.2) is 5.82 Å². The monoisotopic (exact) mass is 342 g/mol. The van der Waals surface area contributed by atoms with Crippen LogP contribution in [0.1, 0.15) is 25.7 Å². The molecular formula is C18H19FN4O2. The SMILES string of the molecule is Nc1nnc(-c2ccc(F)cc2O)c2ccncc12.OC1CCCC1. The number of rotatable bonds is 1. The zero-order valence-corrected chi connectivity index (χ0v) is 13.6. The van der Waals surface area contributed by atoms with Crippen molar-refractivity contribution in [3.05, 3.63) is 42.5 Å². The van der Waals surface area contributed by atoms with Crippen LogP contribution in [0.5, 0.6) is 5.75 Å². The third-order valence-corrected chi connectivity index (χ3v) is 4.15. The number of aromatic hydroxyl groups is 1. The minimum atomic E-state index is -0.518. The maximum Gasteiger partial charge on any atom is 0.155 e. The van der Waals surface area contributed by atoms with Gasteiger partial charge in [0.05, 0.1) is 6.10 Å². The Hall–Kier alpha value is -2.80. The van der Waals surface area contributed by atoms with E-state index in [2.05, 4.69) is 15.2 Å². The highest BCUT2D eigenvalue weighted by molar-refractivity contribution is 5.99. The van der Waals surface area contributed by atoms with E-state index in [1.807, 2.05) is 0 Å². The molecule has 1 saturated carbocycles. The van der Waals surface area contributed by atoms with Crippen LogP contribution in [0.2, 0.25) is 0 Å². The molecule has 0 aliphatic heterocycles. The molecule has 0 saturated heterocycles. The lowest BCUT2D eigenvalue weighted by molar-refractivity contribution is 0.183. The molecule has 0 amide bonds. The van der Waals surface area contributed by atoms with E-state index < -0.39 is 5.82 Å². The van der Waals surface area contributed by atoms with Crippen LogP contribution in [0.3, 0.4) is 0 Å². The van der Waals surface area contributed by atoms with Crippen molar-refractivity contribution in [2.75, 3.05) is 5.73 Å². The van der Waals surface area contributed by atoms with Crippen molar-refractivity contribution < 1.29 is 14.6 Å². The Bertz CT molecular complexity index is 882. The van der Waals surface area contributed by atoms with Crippen molar-refractivity contribution in [1.82, 2.24) is 15.2 Å². The number of nitrogens with zero attached hydrogens (tertiary/aromatic N) is 3. The van der Waals surface area contributed by atoms with Crippen LogP contribution in [0.15, 0.2) is 36.7 Å². The first-order chi connectivity index (χ1) is 12.1. The van der Waals surface area contributed by atoms with Gasteiger partial charge in [-0.15, -0.1) is 10.2 Å². The number of nitrogens with two attached hydrogens (primary N) is 1. The third kappa shape index (κ3) is 3.83. The second-order valence-electron chi connectivity index (χ2n) is 5.95. The molecule has 4 N–H and O–H groups in total. The van der Waals surface area contributed by atoms with Gasteiger partial charge in [0, 0.05) is 34.8 Å². The molecule has 2 heterocycles. The summed E-state index contributed by atoms with van der Waals surface area (Å²) in [6.07, 6.45) is 7.77. The van der Waals surface area contributed by atoms with E-state index in [0.717, 1.165) is 18.9 Å². The van der Waals surface area contributed by atoms with Crippen LogP contribution in [-0.2, 0) is 0 Å². The number of aliphatic hydroxyl groups is 1. The van der Waals surface area contributed by atoms with E-state index in [4.69, 9.17) is 10.8 Å². The lowest BCUT2D eigenvalue weighted by Gasteiger charge is -2.08. The zero-order chi connectivity index (χ0) is 17.8. The van der Waals surface area contributed by atoms with Crippen LogP contribution in [0.4, 0.5) is 10.2 Å². The molecule has 0 unspecified atom stereocenters. The number of phenolic OH excluding ortho intramolecular Hbond substituents is 1. The molecule has 3 aromatic rings. The quantitative estimate of drug-likeness (QED) is 0.628. The topological polar surface area (TPSA) is 105 Å². The Labute approximate surface area is 144 Å². The molecule has 1 aliphatic rings. The number of fused-ring (bicyclic) bond motifs is 1. The largest absolute Gasteiger partial charge is 0.507 e. The zero-order valence-electron chi connectivity index (χ0n) is 13.6.